The van der Waals surface area contributed by atoms with E-state index in [1.165, 1.54) is 12.8 Å². The highest BCUT2D eigenvalue weighted by atomic mass is 16.3. The zero-order valence-corrected chi connectivity index (χ0v) is 13.3. The van der Waals surface area contributed by atoms with Crippen LogP contribution in [0.4, 0.5) is 11.8 Å². The molecule has 0 aromatic carbocycles. The maximum Gasteiger partial charge on any atom is 0.228 e. The molecule has 1 aliphatic rings. The van der Waals surface area contributed by atoms with Gasteiger partial charge in [0.15, 0.2) is 0 Å². The third kappa shape index (κ3) is 4.00. The van der Waals surface area contributed by atoms with Crippen molar-refractivity contribution in [2.24, 2.45) is 0 Å². The van der Waals surface area contributed by atoms with Crippen LogP contribution in [0.1, 0.15) is 36.8 Å². The van der Waals surface area contributed by atoms with Gasteiger partial charge in [-0.25, -0.2) is 19.9 Å². The third-order valence-corrected chi connectivity index (χ3v) is 4.01. The summed E-state index contributed by atoms with van der Waals surface area (Å²) >= 11 is 0. The van der Waals surface area contributed by atoms with Crippen LogP contribution in [-0.2, 0) is 0 Å². The lowest BCUT2D eigenvalue weighted by Gasteiger charge is -2.35. The Hall–Kier alpha value is -2.12. The monoisotopic (exact) mass is 314 g/mol. The topological polar surface area (TPSA) is 87.1 Å². The summed E-state index contributed by atoms with van der Waals surface area (Å²) in [6.07, 6.45) is 6.78. The number of aliphatic hydroxyl groups excluding tert-OH is 1. The second-order valence-corrected chi connectivity index (χ2v) is 5.69. The van der Waals surface area contributed by atoms with E-state index in [0.29, 0.717) is 18.3 Å². The molecule has 122 valence electrons. The molecule has 3 rings (SSSR count). The van der Waals surface area contributed by atoms with Gasteiger partial charge >= 0.3 is 0 Å². The van der Waals surface area contributed by atoms with Crippen molar-refractivity contribution < 1.29 is 5.11 Å². The van der Waals surface area contributed by atoms with Gasteiger partial charge in [0.05, 0.1) is 18.3 Å². The molecule has 0 aliphatic carbocycles. The number of aliphatic hydroxyl groups is 1. The predicted molar refractivity (Wildman–Crippen MR) is 87.3 cm³/mol. The van der Waals surface area contributed by atoms with Gasteiger partial charge in [0, 0.05) is 25.0 Å². The van der Waals surface area contributed by atoms with E-state index in [-0.39, 0.29) is 12.6 Å². The van der Waals surface area contributed by atoms with E-state index >= 15 is 0 Å². The maximum atomic E-state index is 9.28. The molecule has 7 heteroatoms. The van der Waals surface area contributed by atoms with Gasteiger partial charge in [-0.05, 0) is 32.4 Å². The molecule has 23 heavy (non-hydrogen) atoms. The molecule has 0 bridgehead atoms. The fraction of sp³-hybridized carbons (Fsp3) is 0.500. The molecule has 1 atom stereocenters. The Bertz CT molecular complexity index is 634. The first-order chi connectivity index (χ1) is 11.3. The van der Waals surface area contributed by atoms with Crippen molar-refractivity contribution in [2.75, 3.05) is 25.0 Å². The largest absolute Gasteiger partial charge is 0.395 e. The smallest absolute Gasteiger partial charge is 0.228 e. The number of nitrogens with one attached hydrogen (secondary N) is 1. The number of anilines is 2. The van der Waals surface area contributed by atoms with Crippen LogP contribution in [0.2, 0.25) is 0 Å². The lowest BCUT2D eigenvalue weighted by Crippen LogP contribution is -2.36. The number of piperidine rings is 1. The van der Waals surface area contributed by atoms with Gasteiger partial charge < -0.3 is 10.4 Å². The number of β-amino-alcohol motifs (C(OH)–C–C–N with tert-alkyl or cyclic N) is 1. The molecule has 0 unspecified atom stereocenters. The second kappa shape index (κ2) is 7.43. The molecule has 0 radical (unpaired) electrons. The summed E-state index contributed by atoms with van der Waals surface area (Å²) < 4.78 is 0. The standard InChI is InChI=1S/C16H22N6O/c1-12-19-13(14-5-2-3-8-22(14)9-10-23)11-15(20-12)21-16-17-6-4-7-18-16/h4,6-7,11,14,23H,2-3,5,8-10H2,1H3,(H,17,18,19,20,21)/t14-/m0/s1. The highest BCUT2D eigenvalue weighted by molar-refractivity contribution is 5.48. The summed E-state index contributed by atoms with van der Waals surface area (Å²) in [4.78, 5) is 19.7. The van der Waals surface area contributed by atoms with Crippen molar-refractivity contribution in [2.45, 2.75) is 32.2 Å². The van der Waals surface area contributed by atoms with Crippen LogP contribution >= 0.6 is 0 Å². The first-order valence-electron chi connectivity index (χ1n) is 8.01. The molecule has 2 aromatic rings. The zero-order chi connectivity index (χ0) is 16.1. The minimum Gasteiger partial charge on any atom is -0.395 e. The van der Waals surface area contributed by atoms with Crippen LogP contribution in [0.5, 0.6) is 0 Å². The average Bonchev–Trinajstić information content (AvgIpc) is 2.56. The summed E-state index contributed by atoms with van der Waals surface area (Å²) in [6.45, 7) is 3.74. The molecular formula is C16H22N6O. The number of hydrogen-bond donors (Lipinski definition) is 2. The molecule has 1 fully saturated rings. The van der Waals surface area contributed by atoms with Crippen molar-refractivity contribution in [3.63, 3.8) is 0 Å². The van der Waals surface area contributed by atoms with Gasteiger partial charge in [0.1, 0.15) is 11.6 Å². The Morgan fingerprint density at radius 2 is 2.09 bits per heavy atom. The first-order valence-corrected chi connectivity index (χ1v) is 8.01. The highest BCUT2D eigenvalue weighted by Crippen LogP contribution is 2.30. The molecule has 7 nitrogen and oxygen atoms in total. The van der Waals surface area contributed by atoms with Gasteiger partial charge in [-0.2, -0.15) is 0 Å². The maximum absolute atomic E-state index is 9.28. The molecule has 0 amide bonds. The van der Waals surface area contributed by atoms with Gasteiger partial charge in [0.2, 0.25) is 5.95 Å². The summed E-state index contributed by atoms with van der Waals surface area (Å²) in [5, 5.41) is 12.4. The first kappa shape index (κ1) is 15.8. The lowest BCUT2D eigenvalue weighted by molar-refractivity contribution is 0.114. The quantitative estimate of drug-likeness (QED) is 0.870. The molecule has 2 aromatic heterocycles. The van der Waals surface area contributed by atoms with Crippen LogP contribution < -0.4 is 5.32 Å². The normalized spacial score (nSPS) is 18.8. The lowest BCUT2D eigenvalue weighted by atomic mass is 9.99. The van der Waals surface area contributed by atoms with E-state index in [2.05, 4.69) is 30.2 Å². The Labute approximate surface area is 135 Å². The van der Waals surface area contributed by atoms with Gasteiger partial charge in [-0.3, -0.25) is 4.90 Å². The van der Waals surface area contributed by atoms with Crippen molar-refractivity contribution in [3.05, 3.63) is 36.0 Å². The third-order valence-electron chi connectivity index (χ3n) is 4.01. The number of rotatable bonds is 5. The molecule has 0 spiro atoms. The summed E-state index contributed by atoms with van der Waals surface area (Å²) in [7, 11) is 0. The SMILES string of the molecule is Cc1nc(Nc2ncccn2)cc([C@@H]2CCCCN2CCO)n1. The van der Waals surface area contributed by atoms with Crippen molar-refractivity contribution in [1.29, 1.82) is 0 Å². The van der Waals surface area contributed by atoms with E-state index in [4.69, 9.17) is 0 Å². The van der Waals surface area contributed by atoms with E-state index in [0.717, 1.165) is 24.5 Å². The number of aryl methyl sites for hydroxylation is 1. The van der Waals surface area contributed by atoms with Crippen LogP contribution in [0, 0.1) is 6.92 Å². The average molecular weight is 314 g/mol. The summed E-state index contributed by atoms with van der Waals surface area (Å²) in [5.41, 5.74) is 0.990. The molecular weight excluding hydrogens is 292 g/mol. The Kier molecular flexibility index (Phi) is 5.09. The summed E-state index contributed by atoms with van der Waals surface area (Å²) in [5.74, 6) is 1.94. The Morgan fingerprint density at radius 1 is 1.26 bits per heavy atom. The fourth-order valence-electron chi connectivity index (χ4n) is 3.03. The molecule has 2 N–H and O–H groups in total. The predicted octanol–water partition coefficient (Wildman–Crippen LogP) is 1.84. The van der Waals surface area contributed by atoms with E-state index in [1.807, 2.05) is 13.0 Å². The molecule has 1 saturated heterocycles. The van der Waals surface area contributed by atoms with E-state index in [9.17, 15) is 5.11 Å². The number of likely N-dealkylation sites (tertiary alicyclic amines) is 1. The van der Waals surface area contributed by atoms with Crippen LogP contribution in [0.25, 0.3) is 0 Å². The second-order valence-electron chi connectivity index (χ2n) is 5.69. The minimum absolute atomic E-state index is 0.170. The molecule has 1 aliphatic heterocycles. The number of nitrogens with zero attached hydrogens (tertiary/aromatic N) is 5. The Morgan fingerprint density at radius 3 is 2.87 bits per heavy atom. The Balaban J connectivity index is 1.84. The fourth-order valence-corrected chi connectivity index (χ4v) is 3.03. The van der Waals surface area contributed by atoms with Crippen molar-refractivity contribution in [1.82, 2.24) is 24.8 Å². The van der Waals surface area contributed by atoms with Crippen LogP contribution in [0.15, 0.2) is 24.5 Å². The van der Waals surface area contributed by atoms with Gasteiger partial charge in [-0.1, -0.05) is 6.42 Å². The zero-order valence-electron chi connectivity index (χ0n) is 13.3. The van der Waals surface area contributed by atoms with E-state index in [1.54, 1.807) is 18.5 Å². The van der Waals surface area contributed by atoms with Gasteiger partial charge in [0.25, 0.3) is 0 Å². The minimum atomic E-state index is 0.170. The van der Waals surface area contributed by atoms with Crippen LogP contribution in [0.3, 0.4) is 0 Å². The van der Waals surface area contributed by atoms with Gasteiger partial charge in [-0.15, -0.1) is 0 Å². The van der Waals surface area contributed by atoms with Crippen molar-refractivity contribution >= 4 is 11.8 Å². The van der Waals surface area contributed by atoms with E-state index < -0.39 is 0 Å². The highest BCUT2D eigenvalue weighted by Gasteiger charge is 2.25. The number of aromatic nitrogens is 4. The molecule has 3 heterocycles. The number of hydrogen-bond acceptors (Lipinski definition) is 7. The summed E-state index contributed by atoms with van der Waals surface area (Å²) in [6, 6.07) is 3.97. The van der Waals surface area contributed by atoms with Crippen molar-refractivity contribution in [3.8, 4) is 0 Å². The molecule has 0 saturated carbocycles. The van der Waals surface area contributed by atoms with Crippen LogP contribution in [-0.4, -0.2) is 49.6 Å².